The number of halogens is 2. The first kappa shape index (κ1) is 40.3. The normalized spacial score (nSPS) is 16.4. The predicted molar refractivity (Wildman–Crippen MR) is 204 cm³/mol. The molecule has 15 heteroatoms. The van der Waals surface area contributed by atoms with Gasteiger partial charge in [0.1, 0.15) is 18.3 Å². The Morgan fingerprint density at radius 1 is 0.925 bits per heavy atom. The number of aryl methyl sites for hydroxylation is 1. The summed E-state index contributed by atoms with van der Waals surface area (Å²) in [7, 11) is 1.64. The molecule has 5 N–H and O–H groups in total. The number of amidine groups is 1. The molecule has 5 rings (SSSR count). The topological polar surface area (TPSA) is 162 Å². The van der Waals surface area contributed by atoms with Crippen molar-refractivity contribution in [2.24, 2.45) is 16.5 Å². The van der Waals surface area contributed by atoms with E-state index in [1.54, 1.807) is 13.3 Å². The number of hydrogen-bond donors (Lipinski definition) is 3. The summed E-state index contributed by atoms with van der Waals surface area (Å²) in [5, 5.41) is 8.69. The summed E-state index contributed by atoms with van der Waals surface area (Å²) < 4.78 is 48.7. The van der Waals surface area contributed by atoms with Crippen molar-refractivity contribution in [3.63, 3.8) is 0 Å². The van der Waals surface area contributed by atoms with Gasteiger partial charge in [0.2, 0.25) is 5.88 Å². The van der Waals surface area contributed by atoms with Gasteiger partial charge in [-0.25, -0.2) is 18.9 Å². The largest absolute Gasteiger partial charge is 0.475 e. The third-order valence-electron chi connectivity index (χ3n) is 8.86. The Morgan fingerprint density at radius 2 is 1.58 bits per heavy atom. The van der Waals surface area contributed by atoms with E-state index in [1.807, 2.05) is 23.0 Å². The van der Waals surface area contributed by atoms with E-state index in [2.05, 4.69) is 33.4 Å². The van der Waals surface area contributed by atoms with E-state index in [9.17, 15) is 4.39 Å². The minimum absolute atomic E-state index is 0.167. The molecule has 0 amide bonds. The van der Waals surface area contributed by atoms with Crippen LogP contribution in [0.2, 0.25) is 5.02 Å². The first-order valence-corrected chi connectivity index (χ1v) is 18.5. The summed E-state index contributed by atoms with van der Waals surface area (Å²) in [4.78, 5) is 9.10. The van der Waals surface area contributed by atoms with Crippen LogP contribution in [0.3, 0.4) is 0 Å². The molecule has 288 valence electrons. The smallest absolute Gasteiger partial charge is 0.213 e. The standard InChI is InChI=1S/C38H51ClFN7O6/c1-3-26-21-36(53-19-18-52-17-16-51-15-14-50-13-12-49-11-10-48-2)43-23-31(26)27-20-35-37(45-30-7-5-29(41)6-8-30)32(24-44-47(35)25-27)38(42)46-34-22-28(40)4-9-33(34)39/h4,9,20-25,29-30,45H,3,5-8,10-19,41H2,1-2H3,(H2,42,46). The number of nitrogens with zero attached hydrogens (tertiary/aromatic N) is 4. The fourth-order valence-corrected chi connectivity index (χ4v) is 6.15. The molecule has 13 nitrogen and oxygen atoms in total. The third kappa shape index (κ3) is 12.1. The van der Waals surface area contributed by atoms with E-state index in [0.29, 0.717) is 82.5 Å². The van der Waals surface area contributed by atoms with Crippen molar-refractivity contribution < 1.29 is 32.8 Å². The second-order valence-corrected chi connectivity index (χ2v) is 13.1. The first-order valence-electron chi connectivity index (χ1n) is 18.1. The van der Waals surface area contributed by atoms with E-state index < -0.39 is 5.82 Å². The van der Waals surface area contributed by atoms with Gasteiger partial charge in [-0.15, -0.1) is 0 Å². The quantitative estimate of drug-likeness (QED) is 0.0523. The number of hydrogen-bond acceptors (Lipinski definition) is 11. The van der Waals surface area contributed by atoms with Crippen LogP contribution < -0.4 is 21.5 Å². The maximum Gasteiger partial charge on any atom is 0.213 e. The summed E-state index contributed by atoms with van der Waals surface area (Å²) in [5.74, 6) is 0.236. The molecule has 1 aliphatic carbocycles. The van der Waals surface area contributed by atoms with Gasteiger partial charge in [0.15, 0.2) is 0 Å². The van der Waals surface area contributed by atoms with Crippen LogP contribution in [0.4, 0.5) is 15.8 Å². The van der Waals surface area contributed by atoms with Crippen molar-refractivity contribution in [3.05, 3.63) is 70.9 Å². The Labute approximate surface area is 315 Å². The van der Waals surface area contributed by atoms with Gasteiger partial charge in [0.05, 0.1) is 93.1 Å². The van der Waals surface area contributed by atoms with Gasteiger partial charge in [-0.3, -0.25) is 0 Å². The van der Waals surface area contributed by atoms with Crippen LogP contribution in [0, 0.1) is 5.82 Å². The predicted octanol–water partition coefficient (Wildman–Crippen LogP) is 5.56. The molecule has 1 fully saturated rings. The molecule has 0 atom stereocenters. The van der Waals surface area contributed by atoms with E-state index in [-0.39, 0.29) is 23.6 Å². The van der Waals surface area contributed by atoms with Crippen LogP contribution in [0.25, 0.3) is 16.6 Å². The van der Waals surface area contributed by atoms with Crippen molar-refractivity contribution in [2.75, 3.05) is 78.5 Å². The number of nitrogens with one attached hydrogen (secondary N) is 1. The van der Waals surface area contributed by atoms with Crippen molar-refractivity contribution >= 4 is 34.3 Å². The maximum absolute atomic E-state index is 14.0. The Balaban J connectivity index is 1.20. The highest BCUT2D eigenvalue weighted by Gasteiger charge is 2.23. The Morgan fingerprint density at radius 3 is 2.25 bits per heavy atom. The van der Waals surface area contributed by atoms with E-state index in [0.717, 1.165) is 60.0 Å². The first-order chi connectivity index (χ1) is 25.9. The van der Waals surface area contributed by atoms with Crippen molar-refractivity contribution in [1.29, 1.82) is 0 Å². The van der Waals surface area contributed by atoms with Crippen molar-refractivity contribution in [2.45, 2.75) is 51.1 Å². The van der Waals surface area contributed by atoms with Gasteiger partial charge in [0.25, 0.3) is 0 Å². The van der Waals surface area contributed by atoms with Crippen LogP contribution >= 0.6 is 11.6 Å². The summed E-state index contributed by atoms with van der Waals surface area (Å²) in [5.41, 5.74) is 18.2. The molecule has 3 aromatic heterocycles. The second-order valence-electron chi connectivity index (χ2n) is 12.7. The summed E-state index contributed by atoms with van der Waals surface area (Å²) >= 11 is 6.32. The van der Waals surface area contributed by atoms with Gasteiger partial charge >= 0.3 is 0 Å². The molecular formula is C38H51ClFN7O6. The average molecular weight is 756 g/mol. The van der Waals surface area contributed by atoms with Gasteiger partial charge < -0.3 is 45.2 Å². The van der Waals surface area contributed by atoms with Crippen LogP contribution in [0.1, 0.15) is 43.7 Å². The monoisotopic (exact) mass is 755 g/mol. The van der Waals surface area contributed by atoms with Gasteiger partial charge in [0, 0.05) is 54.8 Å². The SMILES string of the molecule is CCc1cc(OCCOCCOCCOCCOCCOC)ncc1-c1cc2c(NC3CCC(N)CC3)c(C(N)=Nc3cc(F)ccc3Cl)cnn2c1. The van der Waals surface area contributed by atoms with Crippen molar-refractivity contribution in [3.8, 4) is 17.0 Å². The van der Waals surface area contributed by atoms with Crippen LogP contribution in [-0.2, 0) is 30.1 Å². The molecule has 1 aliphatic rings. The number of aliphatic imine (C=N–C) groups is 1. The number of anilines is 1. The van der Waals surface area contributed by atoms with Crippen molar-refractivity contribution in [1.82, 2.24) is 14.6 Å². The summed E-state index contributed by atoms with van der Waals surface area (Å²) in [6, 6.07) is 8.40. The molecule has 0 unspecified atom stereocenters. The maximum atomic E-state index is 14.0. The van der Waals surface area contributed by atoms with E-state index in [4.69, 9.17) is 51.5 Å². The molecule has 0 saturated heterocycles. The zero-order valence-corrected chi connectivity index (χ0v) is 31.3. The number of pyridine rings is 1. The lowest BCUT2D eigenvalue weighted by Gasteiger charge is -2.28. The Bertz CT molecular complexity index is 1770. The fraction of sp³-hybridized carbons (Fsp3) is 0.500. The highest BCUT2D eigenvalue weighted by atomic mass is 35.5. The number of rotatable bonds is 22. The minimum Gasteiger partial charge on any atom is -0.475 e. The second kappa shape index (κ2) is 21.1. The molecule has 1 saturated carbocycles. The number of nitrogens with two attached hydrogens (primary N) is 2. The van der Waals surface area contributed by atoms with Gasteiger partial charge in [-0.1, -0.05) is 18.5 Å². The highest BCUT2D eigenvalue weighted by Crippen LogP contribution is 2.34. The minimum atomic E-state index is -0.455. The molecule has 1 aromatic carbocycles. The lowest BCUT2D eigenvalue weighted by molar-refractivity contribution is -0.00987. The Kier molecular flexibility index (Phi) is 16.1. The highest BCUT2D eigenvalue weighted by molar-refractivity contribution is 6.33. The molecular weight excluding hydrogens is 705 g/mol. The zero-order chi connectivity index (χ0) is 37.4. The molecule has 0 bridgehead atoms. The van der Waals surface area contributed by atoms with Crippen LogP contribution in [0.15, 0.2) is 53.9 Å². The number of ether oxygens (including phenoxy) is 6. The number of fused-ring (bicyclic) bond motifs is 1. The number of methoxy groups -OCH3 is 1. The third-order valence-corrected chi connectivity index (χ3v) is 9.18. The Hall–Kier alpha value is -3.89. The van der Waals surface area contributed by atoms with Gasteiger partial charge in [-0.05, 0) is 55.9 Å². The molecule has 3 heterocycles. The molecule has 4 aromatic rings. The molecule has 0 spiro atoms. The summed E-state index contributed by atoms with van der Waals surface area (Å²) in [6.07, 6.45) is 9.91. The fourth-order valence-electron chi connectivity index (χ4n) is 5.99. The molecule has 0 radical (unpaired) electrons. The lowest BCUT2D eigenvalue weighted by atomic mass is 9.91. The summed E-state index contributed by atoms with van der Waals surface area (Å²) in [6.45, 7) is 6.96. The van der Waals surface area contributed by atoms with E-state index in [1.165, 1.54) is 18.2 Å². The molecule has 0 aliphatic heterocycles. The average Bonchev–Trinajstić information content (AvgIpc) is 3.60. The number of benzene rings is 1. The zero-order valence-electron chi connectivity index (χ0n) is 30.5. The molecule has 53 heavy (non-hydrogen) atoms. The van der Waals surface area contributed by atoms with Crippen LogP contribution in [0.5, 0.6) is 5.88 Å². The van der Waals surface area contributed by atoms with Gasteiger partial charge in [-0.2, -0.15) is 5.10 Å². The van der Waals surface area contributed by atoms with Crippen LogP contribution in [-0.4, -0.2) is 106 Å². The van der Waals surface area contributed by atoms with E-state index >= 15 is 0 Å². The lowest BCUT2D eigenvalue weighted by Crippen LogP contribution is -2.33. The number of aromatic nitrogens is 3.